The van der Waals surface area contributed by atoms with Crippen molar-refractivity contribution in [1.29, 1.82) is 0 Å². The van der Waals surface area contributed by atoms with Gasteiger partial charge in [-0.15, -0.1) is 0 Å². The van der Waals surface area contributed by atoms with E-state index in [0.717, 1.165) is 37.0 Å². The van der Waals surface area contributed by atoms with E-state index in [2.05, 4.69) is 0 Å². The number of benzene rings is 1. The fourth-order valence-electron chi connectivity index (χ4n) is 4.05. The minimum absolute atomic E-state index is 0.0796. The van der Waals surface area contributed by atoms with Gasteiger partial charge in [-0.05, 0) is 49.1 Å². The van der Waals surface area contributed by atoms with Crippen molar-refractivity contribution in [2.45, 2.75) is 36.7 Å². The van der Waals surface area contributed by atoms with Crippen molar-refractivity contribution >= 4 is 15.9 Å². The number of amides is 1. The molecule has 0 aliphatic carbocycles. The summed E-state index contributed by atoms with van der Waals surface area (Å²) in [4.78, 5) is 14.6. The number of nitrogens with zero attached hydrogens (tertiary/aromatic N) is 2. The molecular weight excluding hydrogens is 392 g/mol. The zero-order chi connectivity index (χ0) is 20.4. The highest BCUT2D eigenvalue weighted by molar-refractivity contribution is 7.89. The molecule has 1 amide bonds. The standard InChI is InChI=1S/C21H26N2O5S/c1-27-18-7-5-16(6-8-18)17-11-14-22(15-17)21(24)19-9-10-20(28-19)29(25,26)23-12-3-2-4-13-23/h5-10,17H,2-4,11-15H2,1H3. The molecule has 0 saturated carbocycles. The van der Waals surface area contributed by atoms with E-state index in [-0.39, 0.29) is 22.7 Å². The van der Waals surface area contributed by atoms with E-state index in [9.17, 15) is 13.2 Å². The van der Waals surface area contributed by atoms with Gasteiger partial charge in [0.1, 0.15) is 5.75 Å². The molecule has 29 heavy (non-hydrogen) atoms. The molecule has 2 saturated heterocycles. The fourth-order valence-corrected chi connectivity index (χ4v) is 5.48. The van der Waals surface area contributed by atoms with Crippen LogP contribution in [0.3, 0.4) is 0 Å². The minimum atomic E-state index is -3.67. The molecule has 0 spiro atoms. The van der Waals surface area contributed by atoms with Crippen molar-refractivity contribution < 1.29 is 22.4 Å². The molecule has 1 aromatic heterocycles. The molecular formula is C21H26N2O5S. The van der Waals surface area contributed by atoms with Crippen LogP contribution in [0.15, 0.2) is 45.9 Å². The normalized spacial score (nSPS) is 20.7. The summed E-state index contributed by atoms with van der Waals surface area (Å²) in [5.74, 6) is 0.867. The van der Waals surface area contributed by atoms with E-state index in [1.54, 1.807) is 12.0 Å². The van der Waals surface area contributed by atoms with Gasteiger partial charge in [0, 0.05) is 32.1 Å². The lowest BCUT2D eigenvalue weighted by Crippen LogP contribution is -2.35. The lowest BCUT2D eigenvalue weighted by Gasteiger charge is -2.24. The third kappa shape index (κ3) is 4.04. The summed E-state index contributed by atoms with van der Waals surface area (Å²) in [6.07, 6.45) is 3.61. The third-order valence-corrected chi connectivity index (χ3v) is 7.54. The van der Waals surface area contributed by atoms with Crippen molar-refractivity contribution in [2.75, 3.05) is 33.3 Å². The SMILES string of the molecule is COc1ccc(C2CCN(C(=O)c3ccc(S(=O)(=O)N4CCCCC4)o3)C2)cc1. The molecule has 8 heteroatoms. The lowest BCUT2D eigenvalue weighted by molar-refractivity contribution is 0.0753. The van der Waals surface area contributed by atoms with Gasteiger partial charge in [-0.25, -0.2) is 8.42 Å². The van der Waals surface area contributed by atoms with Gasteiger partial charge < -0.3 is 14.1 Å². The van der Waals surface area contributed by atoms with Crippen molar-refractivity contribution in [3.63, 3.8) is 0 Å². The average Bonchev–Trinajstić information content (AvgIpc) is 3.44. The van der Waals surface area contributed by atoms with Crippen molar-refractivity contribution in [3.05, 3.63) is 47.7 Å². The number of piperidine rings is 1. The van der Waals surface area contributed by atoms with E-state index in [1.807, 2.05) is 24.3 Å². The first-order valence-electron chi connectivity index (χ1n) is 10.0. The van der Waals surface area contributed by atoms with Crippen molar-refractivity contribution in [1.82, 2.24) is 9.21 Å². The minimum Gasteiger partial charge on any atom is -0.497 e. The number of ether oxygens (including phenoxy) is 1. The molecule has 4 rings (SSSR count). The maximum absolute atomic E-state index is 12.8. The maximum atomic E-state index is 12.8. The number of furan rings is 1. The second-order valence-corrected chi connectivity index (χ2v) is 9.46. The Morgan fingerprint density at radius 1 is 1.03 bits per heavy atom. The summed E-state index contributed by atoms with van der Waals surface area (Å²) in [5, 5.41) is -0.145. The summed E-state index contributed by atoms with van der Waals surface area (Å²) in [5.41, 5.74) is 1.16. The van der Waals surface area contributed by atoms with Crippen LogP contribution in [0.4, 0.5) is 0 Å². The summed E-state index contributed by atoms with van der Waals surface area (Å²) in [6, 6.07) is 10.8. The van der Waals surface area contributed by atoms with Crippen LogP contribution in [0.5, 0.6) is 5.75 Å². The summed E-state index contributed by atoms with van der Waals surface area (Å²) < 4.78 is 37.6. The molecule has 1 aromatic carbocycles. The molecule has 156 valence electrons. The molecule has 3 heterocycles. The Kier molecular flexibility index (Phi) is 5.65. The van der Waals surface area contributed by atoms with Gasteiger partial charge in [0.2, 0.25) is 5.09 Å². The van der Waals surface area contributed by atoms with Crippen LogP contribution in [0.1, 0.15) is 47.7 Å². The smallest absolute Gasteiger partial charge is 0.289 e. The second-order valence-electron chi connectivity index (χ2n) is 7.59. The van der Waals surface area contributed by atoms with Gasteiger partial charge >= 0.3 is 0 Å². The first-order valence-corrected chi connectivity index (χ1v) is 11.5. The average molecular weight is 419 g/mol. The van der Waals surface area contributed by atoms with Crippen LogP contribution in [-0.4, -0.2) is 56.8 Å². The Bertz CT molecular complexity index is 961. The topological polar surface area (TPSA) is 80.1 Å². The Hall–Kier alpha value is -2.32. The molecule has 0 radical (unpaired) electrons. The maximum Gasteiger partial charge on any atom is 0.289 e. The molecule has 1 unspecified atom stereocenters. The predicted molar refractivity (Wildman–Crippen MR) is 108 cm³/mol. The molecule has 2 aliphatic rings. The number of likely N-dealkylation sites (tertiary alicyclic amines) is 1. The van der Waals surface area contributed by atoms with Crippen LogP contribution in [0.25, 0.3) is 0 Å². The quantitative estimate of drug-likeness (QED) is 0.745. The lowest BCUT2D eigenvalue weighted by atomic mass is 9.98. The van der Waals surface area contributed by atoms with Crippen LogP contribution in [-0.2, 0) is 10.0 Å². The number of carbonyl (C=O) groups is 1. The van der Waals surface area contributed by atoms with E-state index < -0.39 is 10.0 Å². The molecule has 2 aromatic rings. The number of carbonyl (C=O) groups excluding carboxylic acids is 1. The fraction of sp³-hybridized carbons (Fsp3) is 0.476. The van der Waals surface area contributed by atoms with Gasteiger partial charge in [-0.2, -0.15) is 4.31 Å². The summed E-state index contributed by atoms with van der Waals surface area (Å²) >= 11 is 0. The predicted octanol–water partition coefficient (Wildman–Crippen LogP) is 3.09. The summed E-state index contributed by atoms with van der Waals surface area (Å²) in [7, 11) is -2.04. The zero-order valence-electron chi connectivity index (χ0n) is 16.5. The number of hydrogen-bond acceptors (Lipinski definition) is 5. The Morgan fingerprint density at radius 3 is 2.45 bits per heavy atom. The molecule has 0 N–H and O–H groups in total. The van der Waals surface area contributed by atoms with Gasteiger partial charge in [0.05, 0.1) is 7.11 Å². The zero-order valence-corrected chi connectivity index (χ0v) is 17.4. The molecule has 0 bridgehead atoms. The van der Waals surface area contributed by atoms with Crippen LogP contribution >= 0.6 is 0 Å². The van der Waals surface area contributed by atoms with Crippen LogP contribution < -0.4 is 4.74 Å². The van der Waals surface area contributed by atoms with Gasteiger partial charge in [0.15, 0.2) is 5.76 Å². The Morgan fingerprint density at radius 2 is 1.76 bits per heavy atom. The Balaban J connectivity index is 1.44. The largest absolute Gasteiger partial charge is 0.497 e. The van der Waals surface area contributed by atoms with E-state index >= 15 is 0 Å². The number of sulfonamides is 1. The second kappa shape index (κ2) is 8.20. The van der Waals surface area contributed by atoms with E-state index in [1.165, 1.54) is 16.4 Å². The number of hydrogen-bond donors (Lipinski definition) is 0. The molecule has 7 nitrogen and oxygen atoms in total. The Labute approximate surface area is 171 Å². The third-order valence-electron chi connectivity index (χ3n) is 5.76. The van der Waals surface area contributed by atoms with Gasteiger partial charge in [-0.3, -0.25) is 4.79 Å². The van der Waals surface area contributed by atoms with Crippen molar-refractivity contribution in [3.8, 4) is 5.75 Å². The number of rotatable bonds is 5. The molecule has 1 atom stereocenters. The number of methoxy groups -OCH3 is 1. The highest BCUT2D eigenvalue weighted by Crippen LogP contribution is 2.30. The monoisotopic (exact) mass is 418 g/mol. The highest BCUT2D eigenvalue weighted by atomic mass is 32.2. The van der Waals surface area contributed by atoms with Gasteiger partial charge in [0.25, 0.3) is 15.9 Å². The van der Waals surface area contributed by atoms with E-state index in [0.29, 0.717) is 26.2 Å². The highest BCUT2D eigenvalue weighted by Gasteiger charge is 2.32. The van der Waals surface area contributed by atoms with Gasteiger partial charge in [-0.1, -0.05) is 18.6 Å². The van der Waals surface area contributed by atoms with Crippen molar-refractivity contribution in [2.24, 2.45) is 0 Å². The summed E-state index contributed by atoms with van der Waals surface area (Å²) in [6.45, 7) is 2.20. The van der Waals surface area contributed by atoms with Crippen LogP contribution in [0, 0.1) is 0 Å². The first kappa shape index (κ1) is 20.0. The molecule has 2 aliphatic heterocycles. The van der Waals surface area contributed by atoms with E-state index in [4.69, 9.17) is 9.15 Å². The molecule has 2 fully saturated rings. The van der Waals surface area contributed by atoms with Crippen LogP contribution in [0.2, 0.25) is 0 Å². The first-order chi connectivity index (χ1) is 14.0.